The standard InChI is InChI=1S/C11H16N4O3S/c1-4-5-9-13-10(18-14-9)8(2)19(16,17)11-12-6-7-15(11)3/h6-8H,4-5H2,1-3H3. The zero-order chi connectivity index (χ0) is 14.0. The molecule has 2 rings (SSSR count). The Hall–Kier alpha value is -1.70. The average Bonchev–Trinajstić information content (AvgIpc) is 2.97. The average molecular weight is 284 g/mol. The van der Waals surface area contributed by atoms with Crippen LogP contribution in [0.1, 0.15) is 37.2 Å². The highest BCUT2D eigenvalue weighted by molar-refractivity contribution is 7.91. The quantitative estimate of drug-likeness (QED) is 0.821. The molecule has 0 aliphatic carbocycles. The molecule has 0 spiro atoms. The molecule has 0 aliphatic rings. The highest BCUT2D eigenvalue weighted by Gasteiger charge is 2.32. The molecular formula is C11H16N4O3S. The highest BCUT2D eigenvalue weighted by atomic mass is 32.2. The Morgan fingerprint density at radius 2 is 2.21 bits per heavy atom. The van der Waals surface area contributed by atoms with Crippen molar-refractivity contribution in [3.05, 3.63) is 24.1 Å². The smallest absolute Gasteiger partial charge is 0.245 e. The summed E-state index contributed by atoms with van der Waals surface area (Å²) in [6, 6.07) is 0. The first kappa shape index (κ1) is 13.7. The molecule has 0 aromatic carbocycles. The van der Waals surface area contributed by atoms with Gasteiger partial charge in [-0.1, -0.05) is 12.1 Å². The van der Waals surface area contributed by atoms with Crippen molar-refractivity contribution < 1.29 is 12.9 Å². The van der Waals surface area contributed by atoms with Gasteiger partial charge in [-0.05, 0) is 13.3 Å². The van der Waals surface area contributed by atoms with Crippen LogP contribution in [0.4, 0.5) is 0 Å². The van der Waals surface area contributed by atoms with Gasteiger partial charge in [0, 0.05) is 25.9 Å². The van der Waals surface area contributed by atoms with E-state index in [-0.39, 0.29) is 11.0 Å². The van der Waals surface area contributed by atoms with Gasteiger partial charge in [-0.2, -0.15) is 4.98 Å². The second-order valence-corrected chi connectivity index (χ2v) is 6.47. The fraction of sp³-hybridized carbons (Fsp3) is 0.545. The summed E-state index contributed by atoms with van der Waals surface area (Å²) in [5.41, 5.74) is 0. The van der Waals surface area contributed by atoms with Gasteiger partial charge in [-0.3, -0.25) is 0 Å². The molecule has 0 radical (unpaired) electrons. The Morgan fingerprint density at radius 1 is 1.47 bits per heavy atom. The van der Waals surface area contributed by atoms with Gasteiger partial charge in [0.2, 0.25) is 20.9 Å². The molecule has 1 atom stereocenters. The zero-order valence-electron chi connectivity index (χ0n) is 11.1. The predicted octanol–water partition coefficient (Wildman–Crippen LogP) is 1.29. The van der Waals surface area contributed by atoms with Gasteiger partial charge in [0.05, 0.1) is 0 Å². The van der Waals surface area contributed by atoms with Crippen molar-refractivity contribution in [3.8, 4) is 0 Å². The maximum absolute atomic E-state index is 12.4. The number of rotatable bonds is 5. The third-order valence-corrected chi connectivity index (χ3v) is 4.84. The number of hydrogen-bond donors (Lipinski definition) is 0. The molecule has 19 heavy (non-hydrogen) atoms. The van der Waals surface area contributed by atoms with Gasteiger partial charge in [0.1, 0.15) is 5.25 Å². The van der Waals surface area contributed by atoms with E-state index in [0.29, 0.717) is 12.2 Å². The molecule has 2 aromatic rings. The van der Waals surface area contributed by atoms with E-state index in [1.807, 2.05) is 6.92 Å². The minimum absolute atomic E-state index is 0.00441. The topological polar surface area (TPSA) is 90.9 Å². The number of nitrogens with zero attached hydrogens (tertiary/aromatic N) is 4. The summed E-state index contributed by atoms with van der Waals surface area (Å²) in [5.74, 6) is 0.630. The summed E-state index contributed by atoms with van der Waals surface area (Å²) < 4.78 is 31.2. The van der Waals surface area contributed by atoms with Crippen LogP contribution < -0.4 is 0 Å². The first-order chi connectivity index (χ1) is 8.96. The molecule has 2 heterocycles. The Bertz CT molecular complexity index is 659. The second-order valence-electron chi connectivity index (χ2n) is 4.31. The van der Waals surface area contributed by atoms with Crippen LogP contribution >= 0.6 is 0 Å². The molecule has 0 saturated heterocycles. The van der Waals surface area contributed by atoms with Gasteiger partial charge in [-0.25, -0.2) is 13.4 Å². The lowest BCUT2D eigenvalue weighted by atomic mass is 10.3. The first-order valence-electron chi connectivity index (χ1n) is 6.00. The van der Waals surface area contributed by atoms with Crippen molar-refractivity contribution in [1.82, 2.24) is 19.7 Å². The summed E-state index contributed by atoms with van der Waals surface area (Å²) in [7, 11) is -2.00. The van der Waals surface area contributed by atoms with Gasteiger partial charge in [0.15, 0.2) is 5.82 Å². The van der Waals surface area contributed by atoms with E-state index in [9.17, 15) is 8.42 Å². The van der Waals surface area contributed by atoms with Crippen molar-refractivity contribution in [2.24, 2.45) is 7.05 Å². The van der Waals surface area contributed by atoms with Crippen LogP contribution in [-0.4, -0.2) is 28.1 Å². The molecular weight excluding hydrogens is 268 g/mol. The normalized spacial score (nSPS) is 13.6. The third-order valence-electron chi connectivity index (χ3n) is 2.80. The lowest BCUT2D eigenvalue weighted by molar-refractivity contribution is 0.370. The minimum atomic E-state index is -3.63. The summed E-state index contributed by atoms with van der Waals surface area (Å²) in [6.07, 6.45) is 4.56. The predicted molar refractivity (Wildman–Crippen MR) is 67.1 cm³/mol. The van der Waals surface area contributed by atoms with Crippen LogP contribution in [-0.2, 0) is 23.3 Å². The number of imidazole rings is 1. The molecule has 7 nitrogen and oxygen atoms in total. The van der Waals surface area contributed by atoms with Crippen LogP contribution in [0.3, 0.4) is 0 Å². The molecule has 104 valence electrons. The summed E-state index contributed by atoms with van der Waals surface area (Å²) in [4.78, 5) is 7.97. The van der Waals surface area contributed by atoms with E-state index in [2.05, 4.69) is 15.1 Å². The van der Waals surface area contributed by atoms with Crippen molar-refractivity contribution in [3.63, 3.8) is 0 Å². The van der Waals surface area contributed by atoms with E-state index in [1.54, 1.807) is 13.2 Å². The van der Waals surface area contributed by atoms with E-state index >= 15 is 0 Å². The molecule has 0 aliphatic heterocycles. The molecule has 0 bridgehead atoms. The van der Waals surface area contributed by atoms with E-state index < -0.39 is 15.1 Å². The van der Waals surface area contributed by atoms with Gasteiger partial charge in [0.25, 0.3) is 0 Å². The lowest BCUT2D eigenvalue weighted by Gasteiger charge is -2.08. The number of hydrogen-bond acceptors (Lipinski definition) is 6. The summed E-state index contributed by atoms with van der Waals surface area (Å²) in [5, 5.41) is 2.85. The molecule has 1 unspecified atom stereocenters. The Labute approximate surface area is 111 Å². The van der Waals surface area contributed by atoms with Crippen molar-refractivity contribution in [1.29, 1.82) is 0 Å². The van der Waals surface area contributed by atoms with Crippen LogP contribution in [0.5, 0.6) is 0 Å². The Kier molecular flexibility index (Phi) is 3.70. The highest BCUT2D eigenvalue weighted by Crippen LogP contribution is 2.26. The fourth-order valence-electron chi connectivity index (χ4n) is 1.67. The van der Waals surface area contributed by atoms with E-state index in [0.717, 1.165) is 6.42 Å². The first-order valence-corrected chi connectivity index (χ1v) is 7.55. The Morgan fingerprint density at radius 3 is 2.79 bits per heavy atom. The second kappa shape index (κ2) is 5.12. The molecule has 0 saturated carbocycles. The van der Waals surface area contributed by atoms with Crippen molar-refractivity contribution in [2.75, 3.05) is 0 Å². The van der Waals surface area contributed by atoms with E-state index in [1.165, 1.54) is 17.7 Å². The summed E-state index contributed by atoms with van der Waals surface area (Å²) in [6.45, 7) is 3.51. The number of aryl methyl sites for hydroxylation is 2. The molecule has 8 heteroatoms. The summed E-state index contributed by atoms with van der Waals surface area (Å²) >= 11 is 0. The molecule has 0 amide bonds. The number of sulfone groups is 1. The number of aromatic nitrogens is 4. The maximum atomic E-state index is 12.4. The van der Waals surface area contributed by atoms with Gasteiger partial charge in [-0.15, -0.1) is 0 Å². The SMILES string of the molecule is CCCc1noc(C(C)S(=O)(=O)c2nccn2C)n1. The minimum Gasteiger partial charge on any atom is -0.338 e. The molecule has 2 aromatic heterocycles. The van der Waals surface area contributed by atoms with Crippen LogP contribution in [0.25, 0.3) is 0 Å². The maximum Gasteiger partial charge on any atom is 0.245 e. The largest absolute Gasteiger partial charge is 0.338 e. The van der Waals surface area contributed by atoms with Crippen LogP contribution in [0, 0.1) is 0 Å². The third kappa shape index (κ3) is 2.53. The zero-order valence-corrected chi connectivity index (χ0v) is 11.9. The van der Waals surface area contributed by atoms with Crippen molar-refractivity contribution in [2.45, 2.75) is 37.1 Å². The van der Waals surface area contributed by atoms with Gasteiger partial charge < -0.3 is 9.09 Å². The lowest BCUT2D eigenvalue weighted by Crippen LogP contribution is -2.15. The molecule has 0 N–H and O–H groups in total. The Balaban J connectivity index is 2.32. The van der Waals surface area contributed by atoms with Crippen molar-refractivity contribution >= 4 is 9.84 Å². The van der Waals surface area contributed by atoms with E-state index in [4.69, 9.17) is 4.52 Å². The monoisotopic (exact) mass is 284 g/mol. The van der Waals surface area contributed by atoms with Crippen LogP contribution in [0.2, 0.25) is 0 Å². The fourth-order valence-corrected chi connectivity index (χ4v) is 3.02. The molecule has 0 fully saturated rings. The van der Waals surface area contributed by atoms with Crippen LogP contribution in [0.15, 0.2) is 22.1 Å². The van der Waals surface area contributed by atoms with Gasteiger partial charge >= 0.3 is 0 Å².